The molecule has 0 aromatic carbocycles. The maximum atomic E-state index is 12.2. The molecule has 2 atom stereocenters. The van der Waals surface area contributed by atoms with Gasteiger partial charge in [-0.05, 0) is 25.7 Å². The number of carboxylic acid groups (broad SMARTS) is 1. The predicted molar refractivity (Wildman–Crippen MR) is 73.6 cm³/mol. The van der Waals surface area contributed by atoms with Crippen LogP contribution in [0.25, 0.3) is 0 Å². The Morgan fingerprint density at radius 2 is 1.80 bits per heavy atom. The van der Waals surface area contributed by atoms with E-state index in [9.17, 15) is 14.7 Å². The molecule has 0 spiro atoms. The van der Waals surface area contributed by atoms with Crippen molar-refractivity contribution in [3.8, 4) is 0 Å². The van der Waals surface area contributed by atoms with Crippen molar-refractivity contribution in [2.45, 2.75) is 44.4 Å². The standard InChI is InChI=1S/C13H17N3O3S/c17-10(8-3-1-2-4-9(8)12(18)19)14-13-16-15-11(20-13)7-5-6-7/h7-9H,1-6H2,(H,18,19)(H,14,16,17). The van der Waals surface area contributed by atoms with Crippen LogP contribution in [0.5, 0.6) is 0 Å². The zero-order valence-corrected chi connectivity index (χ0v) is 11.9. The fourth-order valence-corrected chi connectivity index (χ4v) is 3.63. The third-order valence-corrected chi connectivity index (χ3v) is 5.02. The third-order valence-electron chi connectivity index (χ3n) is 4.02. The second-order valence-corrected chi connectivity index (χ2v) is 6.55. The zero-order chi connectivity index (χ0) is 14.1. The van der Waals surface area contributed by atoms with Crippen molar-refractivity contribution in [1.29, 1.82) is 0 Å². The topological polar surface area (TPSA) is 92.2 Å². The molecule has 1 aromatic heterocycles. The first-order valence-electron chi connectivity index (χ1n) is 7.02. The molecule has 2 fully saturated rings. The van der Waals surface area contributed by atoms with Gasteiger partial charge in [0.25, 0.3) is 0 Å². The number of nitrogens with zero attached hydrogens (tertiary/aromatic N) is 2. The van der Waals surface area contributed by atoms with Crippen LogP contribution in [0.15, 0.2) is 0 Å². The maximum absolute atomic E-state index is 12.2. The van der Waals surface area contributed by atoms with E-state index in [1.165, 1.54) is 11.3 Å². The van der Waals surface area contributed by atoms with Crippen LogP contribution in [0.4, 0.5) is 5.13 Å². The van der Waals surface area contributed by atoms with Crippen molar-refractivity contribution >= 4 is 28.3 Å². The van der Waals surface area contributed by atoms with E-state index in [0.717, 1.165) is 30.7 Å². The summed E-state index contributed by atoms with van der Waals surface area (Å²) in [5.74, 6) is -1.61. The Labute approximate surface area is 120 Å². The number of carbonyl (C=O) groups is 2. The summed E-state index contributed by atoms with van der Waals surface area (Å²) in [7, 11) is 0. The number of aromatic nitrogens is 2. The van der Waals surface area contributed by atoms with E-state index in [2.05, 4.69) is 15.5 Å². The van der Waals surface area contributed by atoms with Crippen LogP contribution in [0.3, 0.4) is 0 Å². The number of aliphatic carboxylic acids is 1. The summed E-state index contributed by atoms with van der Waals surface area (Å²) < 4.78 is 0. The molecular weight excluding hydrogens is 278 g/mol. The Hall–Kier alpha value is -1.50. The van der Waals surface area contributed by atoms with Gasteiger partial charge in [0.1, 0.15) is 5.01 Å². The van der Waals surface area contributed by atoms with E-state index < -0.39 is 17.8 Å². The van der Waals surface area contributed by atoms with E-state index in [4.69, 9.17) is 0 Å². The summed E-state index contributed by atoms with van der Waals surface area (Å²) >= 11 is 1.40. The largest absolute Gasteiger partial charge is 0.481 e. The normalized spacial score (nSPS) is 26.2. The first-order valence-corrected chi connectivity index (χ1v) is 7.84. The molecule has 20 heavy (non-hydrogen) atoms. The molecule has 3 rings (SSSR count). The lowest BCUT2D eigenvalue weighted by Crippen LogP contribution is -2.36. The molecule has 0 saturated heterocycles. The minimum atomic E-state index is -0.874. The van der Waals surface area contributed by atoms with Gasteiger partial charge in [-0.3, -0.25) is 9.59 Å². The van der Waals surface area contributed by atoms with Gasteiger partial charge >= 0.3 is 5.97 Å². The highest BCUT2D eigenvalue weighted by atomic mass is 32.1. The predicted octanol–water partition coefficient (Wildman–Crippen LogP) is 2.25. The van der Waals surface area contributed by atoms with Crippen LogP contribution in [-0.4, -0.2) is 27.2 Å². The number of amides is 1. The third kappa shape index (κ3) is 2.82. The zero-order valence-electron chi connectivity index (χ0n) is 11.0. The Kier molecular flexibility index (Phi) is 3.69. The smallest absolute Gasteiger partial charge is 0.307 e. The van der Waals surface area contributed by atoms with Crippen LogP contribution in [0, 0.1) is 11.8 Å². The highest BCUT2D eigenvalue weighted by Gasteiger charge is 2.36. The van der Waals surface area contributed by atoms with E-state index in [1.807, 2.05) is 0 Å². The molecule has 2 saturated carbocycles. The van der Waals surface area contributed by atoms with E-state index in [-0.39, 0.29) is 5.91 Å². The van der Waals surface area contributed by atoms with E-state index >= 15 is 0 Å². The van der Waals surface area contributed by atoms with Crippen molar-refractivity contribution in [3.63, 3.8) is 0 Å². The molecule has 1 amide bonds. The Morgan fingerprint density at radius 1 is 1.10 bits per heavy atom. The highest BCUT2D eigenvalue weighted by molar-refractivity contribution is 7.15. The second kappa shape index (κ2) is 5.47. The molecule has 2 aliphatic carbocycles. The average molecular weight is 295 g/mol. The van der Waals surface area contributed by atoms with Crippen LogP contribution < -0.4 is 5.32 Å². The van der Waals surface area contributed by atoms with Crippen LogP contribution in [0.1, 0.15) is 49.5 Å². The lowest BCUT2D eigenvalue weighted by atomic mass is 9.79. The van der Waals surface area contributed by atoms with E-state index in [1.54, 1.807) is 0 Å². The van der Waals surface area contributed by atoms with Crippen LogP contribution in [-0.2, 0) is 9.59 Å². The molecule has 7 heteroatoms. The minimum absolute atomic E-state index is 0.226. The molecule has 1 aromatic rings. The first-order chi connectivity index (χ1) is 9.65. The summed E-state index contributed by atoms with van der Waals surface area (Å²) in [4.78, 5) is 23.5. The molecule has 1 heterocycles. The molecule has 0 radical (unpaired) electrons. The van der Waals surface area contributed by atoms with Gasteiger partial charge in [0.15, 0.2) is 0 Å². The Balaban J connectivity index is 1.65. The van der Waals surface area contributed by atoms with Gasteiger partial charge in [-0.1, -0.05) is 24.2 Å². The summed E-state index contributed by atoms with van der Waals surface area (Å²) in [6, 6.07) is 0. The monoisotopic (exact) mass is 295 g/mol. The lowest BCUT2D eigenvalue weighted by molar-refractivity contribution is -0.147. The average Bonchev–Trinajstić information content (AvgIpc) is 3.19. The van der Waals surface area contributed by atoms with Gasteiger partial charge in [-0.25, -0.2) is 0 Å². The van der Waals surface area contributed by atoms with Crippen molar-refractivity contribution < 1.29 is 14.7 Å². The molecule has 2 N–H and O–H groups in total. The maximum Gasteiger partial charge on any atom is 0.307 e. The van der Waals surface area contributed by atoms with Crippen molar-refractivity contribution in [3.05, 3.63) is 5.01 Å². The van der Waals surface area contributed by atoms with Gasteiger partial charge in [0, 0.05) is 5.92 Å². The number of rotatable bonds is 4. The fraction of sp³-hybridized carbons (Fsp3) is 0.692. The Bertz CT molecular complexity index is 527. The van der Waals surface area contributed by atoms with Gasteiger partial charge < -0.3 is 10.4 Å². The highest BCUT2D eigenvalue weighted by Crippen LogP contribution is 2.42. The molecule has 0 aliphatic heterocycles. The molecule has 2 aliphatic rings. The lowest BCUT2D eigenvalue weighted by Gasteiger charge is -2.26. The minimum Gasteiger partial charge on any atom is -0.481 e. The number of carbonyl (C=O) groups excluding carboxylic acids is 1. The number of anilines is 1. The molecule has 6 nitrogen and oxygen atoms in total. The quantitative estimate of drug-likeness (QED) is 0.888. The molecule has 0 bridgehead atoms. The molecule has 108 valence electrons. The summed E-state index contributed by atoms with van der Waals surface area (Å²) in [6.45, 7) is 0. The number of hydrogen-bond donors (Lipinski definition) is 2. The van der Waals surface area contributed by atoms with Gasteiger partial charge in [0.2, 0.25) is 11.0 Å². The summed E-state index contributed by atoms with van der Waals surface area (Å²) in [5, 5.41) is 21.4. The fourth-order valence-electron chi connectivity index (χ4n) is 2.72. The SMILES string of the molecule is O=C(O)C1CCCCC1C(=O)Nc1nnc(C2CC2)s1. The summed E-state index contributed by atoms with van der Waals surface area (Å²) in [5.41, 5.74) is 0. The van der Waals surface area contributed by atoms with Gasteiger partial charge in [-0.15, -0.1) is 10.2 Å². The second-order valence-electron chi connectivity index (χ2n) is 5.54. The van der Waals surface area contributed by atoms with Crippen molar-refractivity contribution in [2.75, 3.05) is 5.32 Å². The van der Waals surface area contributed by atoms with Crippen LogP contribution >= 0.6 is 11.3 Å². The van der Waals surface area contributed by atoms with Crippen molar-refractivity contribution in [2.24, 2.45) is 11.8 Å². The Morgan fingerprint density at radius 3 is 2.45 bits per heavy atom. The molecular formula is C13H17N3O3S. The van der Waals surface area contributed by atoms with Gasteiger partial charge in [0.05, 0.1) is 11.8 Å². The summed E-state index contributed by atoms with van der Waals surface area (Å²) in [6.07, 6.45) is 5.29. The first kappa shape index (κ1) is 13.5. The van der Waals surface area contributed by atoms with Crippen LogP contribution in [0.2, 0.25) is 0 Å². The van der Waals surface area contributed by atoms with E-state index in [0.29, 0.717) is 23.9 Å². The number of nitrogens with one attached hydrogen (secondary N) is 1. The molecule has 2 unspecified atom stereocenters. The van der Waals surface area contributed by atoms with Gasteiger partial charge in [-0.2, -0.15) is 0 Å². The number of hydrogen-bond acceptors (Lipinski definition) is 5. The van der Waals surface area contributed by atoms with Crippen molar-refractivity contribution in [1.82, 2.24) is 10.2 Å². The number of carboxylic acids is 1.